The topological polar surface area (TPSA) is 42.0 Å². The van der Waals surface area contributed by atoms with Gasteiger partial charge >= 0.3 is 0 Å². The predicted molar refractivity (Wildman–Crippen MR) is 80.3 cm³/mol. The third kappa shape index (κ3) is 2.58. The molecule has 0 aliphatic heterocycles. The van der Waals surface area contributed by atoms with Crippen LogP contribution in [-0.4, -0.2) is 10.9 Å². The molecule has 0 bridgehead atoms. The number of aromatic nitrogens is 1. The van der Waals surface area contributed by atoms with Crippen molar-refractivity contribution in [2.24, 2.45) is 5.92 Å². The number of hydrogen-bond acceptors (Lipinski definition) is 4. The van der Waals surface area contributed by atoms with E-state index in [-0.39, 0.29) is 5.91 Å². The molecule has 0 radical (unpaired) electrons. The van der Waals surface area contributed by atoms with Crippen LogP contribution in [0.4, 0.5) is 5.13 Å². The standard InChI is InChI=1S/C14H16N2OS2/c1-8-3-4-10-11(7-18-12(10)5-8)13(17)16-14-15-9(2)6-19-14/h6-8H,3-5H2,1-2H3,(H,15,16,17)/t8-/m0/s1. The zero-order valence-corrected chi connectivity index (χ0v) is 12.7. The molecule has 2 aromatic rings. The third-order valence-electron chi connectivity index (χ3n) is 3.49. The average Bonchev–Trinajstić information content (AvgIpc) is 2.95. The molecule has 0 unspecified atom stereocenters. The minimum absolute atomic E-state index is 0.0126. The summed E-state index contributed by atoms with van der Waals surface area (Å²) in [5.74, 6) is 0.727. The summed E-state index contributed by atoms with van der Waals surface area (Å²) in [6.45, 7) is 4.21. The van der Waals surface area contributed by atoms with E-state index in [9.17, 15) is 4.79 Å². The molecule has 0 saturated heterocycles. The van der Waals surface area contributed by atoms with Gasteiger partial charge in [-0.15, -0.1) is 22.7 Å². The number of rotatable bonds is 2. The van der Waals surface area contributed by atoms with Gasteiger partial charge in [0.05, 0.1) is 11.3 Å². The number of thiophene rings is 1. The summed E-state index contributed by atoms with van der Waals surface area (Å²) in [5, 5.41) is 7.53. The summed E-state index contributed by atoms with van der Waals surface area (Å²) >= 11 is 3.20. The Bertz CT molecular complexity index is 615. The summed E-state index contributed by atoms with van der Waals surface area (Å²) in [5.41, 5.74) is 3.05. The highest BCUT2D eigenvalue weighted by atomic mass is 32.1. The van der Waals surface area contributed by atoms with Crippen molar-refractivity contribution in [1.29, 1.82) is 0 Å². The molecule has 1 amide bonds. The Hall–Kier alpha value is -1.20. The summed E-state index contributed by atoms with van der Waals surface area (Å²) in [6, 6.07) is 0. The van der Waals surface area contributed by atoms with Crippen molar-refractivity contribution in [1.82, 2.24) is 4.98 Å². The molecule has 19 heavy (non-hydrogen) atoms. The van der Waals surface area contributed by atoms with E-state index in [2.05, 4.69) is 17.2 Å². The number of fused-ring (bicyclic) bond motifs is 1. The zero-order valence-electron chi connectivity index (χ0n) is 11.0. The van der Waals surface area contributed by atoms with Crippen molar-refractivity contribution in [3.05, 3.63) is 32.5 Å². The van der Waals surface area contributed by atoms with Crippen molar-refractivity contribution in [3.8, 4) is 0 Å². The van der Waals surface area contributed by atoms with Gasteiger partial charge in [0.25, 0.3) is 5.91 Å². The Balaban J connectivity index is 1.81. The lowest BCUT2D eigenvalue weighted by molar-refractivity contribution is 0.102. The van der Waals surface area contributed by atoms with Crippen LogP contribution < -0.4 is 5.32 Å². The van der Waals surface area contributed by atoms with E-state index in [4.69, 9.17) is 0 Å². The van der Waals surface area contributed by atoms with Crippen molar-refractivity contribution in [3.63, 3.8) is 0 Å². The van der Waals surface area contributed by atoms with E-state index in [1.54, 1.807) is 11.3 Å². The van der Waals surface area contributed by atoms with Crippen LogP contribution in [0, 0.1) is 12.8 Å². The first-order valence-corrected chi connectivity index (χ1v) is 8.22. The fourth-order valence-electron chi connectivity index (χ4n) is 2.44. The summed E-state index contributed by atoms with van der Waals surface area (Å²) < 4.78 is 0. The number of aryl methyl sites for hydroxylation is 1. The van der Waals surface area contributed by atoms with Gasteiger partial charge in [0.2, 0.25) is 0 Å². The maximum Gasteiger partial charge on any atom is 0.258 e. The lowest BCUT2D eigenvalue weighted by Crippen LogP contribution is -2.16. The molecule has 1 atom stereocenters. The minimum Gasteiger partial charge on any atom is -0.298 e. The first kappa shape index (κ1) is 12.8. The van der Waals surface area contributed by atoms with Crippen LogP contribution in [0.25, 0.3) is 0 Å². The van der Waals surface area contributed by atoms with Crippen molar-refractivity contribution >= 4 is 33.7 Å². The number of carbonyl (C=O) groups is 1. The first-order chi connectivity index (χ1) is 9.13. The highest BCUT2D eigenvalue weighted by molar-refractivity contribution is 7.14. The van der Waals surface area contributed by atoms with Gasteiger partial charge in [0, 0.05) is 15.6 Å². The summed E-state index contributed by atoms with van der Waals surface area (Å²) in [4.78, 5) is 18.0. The van der Waals surface area contributed by atoms with Gasteiger partial charge in [-0.1, -0.05) is 6.92 Å². The van der Waals surface area contributed by atoms with Gasteiger partial charge in [-0.25, -0.2) is 4.98 Å². The number of anilines is 1. The number of carbonyl (C=O) groups excluding carboxylic acids is 1. The second kappa shape index (κ2) is 5.06. The third-order valence-corrected chi connectivity index (χ3v) is 5.41. The van der Waals surface area contributed by atoms with Crippen molar-refractivity contribution in [2.75, 3.05) is 5.32 Å². The molecule has 0 fully saturated rings. The molecular formula is C14H16N2OS2. The largest absolute Gasteiger partial charge is 0.298 e. The van der Waals surface area contributed by atoms with E-state index in [0.717, 1.165) is 30.0 Å². The molecule has 1 N–H and O–H groups in total. The quantitative estimate of drug-likeness (QED) is 0.912. The maximum atomic E-state index is 12.3. The molecule has 2 aromatic heterocycles. The van der Waals surface area contributed by atoms with E-state index in [1.807, 2.05) is 17.7 Å². The monoisotopic (exact) mass is 292 g/mol. The number of thiazole rings is 1. The fraction of sp³-hybridized carbons (Fsp3) is 0.429. The number of nitrogens with zero attached hydrogens (tertiary/aromatic N) is 1. The second-order valence-electron chi connectivity index (χ2n) is 5.15. The molecule has 0 aromatic carbocycles. The molecule has 5 heteroatoms. The molecule has 1 aliphatic rings. The normalized spacial score (nSPS) is 18.1. The average molecular weight is 292 g/mol. The minimum atomic E-state index is -0.0126. The smallest absolute Gasteiger partial charge is 0.258 e. The molecule has 1 aliphatic carbocycles. The first-order valence-electron chi connectivity index (χ1n) is 6.46. The molecule has 3 nitrogen and oxygen atoms in total. The molecule has 100 valence electrons. The highest BCUT2D eigenvalue weighted by Crippen LogP contribution is 2.33. The van der Waals surface area contributed by atoms with E-state index >= 15 is 0 Å². The molecule has 0 saturated carbocycles. The predicted octanol–water partition coefficient (Wildman–Crippen LogP) is 3.89. The van der Waals surface area contributed by atoms with Crippen molar-refractivity contribution < 1.29 is 4.79 Å². The maximum absolute atomic E-state index is 12.3. The second-order valence-corrected chi connectivity index (χ2v) is 6.97. The van der Waals surface area contributed by atoms with Crippen LogP contribution in [0.15, 0.2) is 10.8 Å². The Kier molecular flexibility index (Phi) is 3.41. The van der Waals surface area contributed by atoms with Gasteiger partial charge in [0.1, 0.15) is 0 Å². The van der Waals surface area contributed by atoms with Gasteiger partial charge in [0.15, 0.2) is 5.13 Å². The van der Waals surface area contributed by atoms with Gasteiger partial charge < -0.3 is 0 Å². The van der Waals surface area contributed by atoms with Gasteiger partial charge in [-0.3, -0.25) is 10.1 Å². The Morgan fingerprint density at radius 2 is 2.26 bits per heavy atom. The van der Waals surface area contributed by atoms with Crippen LogP contribution in [0.5, 0.6) is 0 Å². The number of nitrogens with one attached hydrogen (secondary N) is 1. The lowest BCUT2D eigenvalue weighted by Gasteiger charge is -2.18. The summed E-state index contributed by atoms with van der Waals surface area (Å²) in [6.07, 6.45) is 3.32. The Labute approximate surface area is 120 Å². The van der Waals surface area contributed by atoms with E-state index < -0.39 is 0 Å². The summed E-state index contributed by atoms with van der Waals surface area (Å²) in [7, 11) is 0. The van der Waals surface area contributed by atoms with E-state index in [1.165, 1.54) is 28.2 Å². The SMILES string of the molecule is Cc1csc(NC(=O)c2csc3c2CC[C@H](C)C3)n1. The van der Waals surface area contributed by atoms with Crippen molar-refractivity contribution in [2.45, 2.75) is 33.1 Å². The highest BCUT2D eigenvalue weighted by Gasteiger charge is 2.23. The Morgan fingerprint density at radius 1 is 1.42 bits per heavy atom. The van der Waals surface area contributed by atoms with Gasteiger partial charge in [-0.2, -0.15) is 0 Å². The Morgan fingerprint density at radius 3 is 3.00 bits per heavy atom. The molecule has 0 spiro atoms. The van der Waals surface area contributed by atoms with Crippen LogP contribution in [-0.2, 0) is 12.8 Å². The molecular weight excluding hydrogens is 276 g/mol. The van der Waals surface area contributed by atoms with Crippen LogP contribution in [0.1, 0.15) is 39.8 Å². The molecule has 2 heterocycles. The molecule has 3 rings (SSSR count). The lowest BCUT2D eigenvalue weighted by atomic mass is 9.88. The van der Waals surface area contributed by atoms with Crippen LogP contribution >= 0.6 is 22.7 Å². The fourth-order valence-corrected chi connectivity index (χ4v) is 4.37. The zero-order chi connectivity index (χ0) is 13.4. The van der Waals surface area contributed by atoms with E-state index in [0.29, 0.717) is 5.13 Å². The number of amides is 1. The van der Waals surface area contributed by atoms with Gasteiger partial charge in [-0.05, 0) is 37.7 Å². The van der Waals surface area contributed by atoms with Crippen LogP contribution in [0.3, 0.4) is 0 Å². The van der Waals surface area contributed by atoms with Crippen LogP contribution in [0.2, 0.25) is 0 Å². The number of hydrogen-bond donors (Lipinski definition) is 1.